The summed E-state index contributed by atoms with van der Waals surface area (Å²) in [6.07, 6.45) is 4.91. The van der Waals surface area contributed by atoms with Crippen molar-refractivity contribution in [3.63, 3.8) is 0 Å². The summed E-state index contributed by atoms with van der Waals surface area (Å²) in [6, 6.07) is 34.4. The van der Waals surface area contributed by atoms with Gasteiger partial charge in [-0.2, -0.15) is 0 Å². The van der Waals surface area contributed by atoms with Crippen LogP contribution in [0.2, 0.25) is 0 Å². The van der Waals surface area contributed by atoms with Crippen molar-refractivity contribution in [1.29, 1.82) is 0 Å². The first-order chi connectivity index (χ1) is 17.2. The van der Waals surface area contributed by atoms with Crippen LogP contribution in [-0.2, 0) is 21.1 Å². The molecule has 0 fully saturated rings. The molecule has 0 radical (unpaired) electrons. The normalized spacial score (nSPS) is 10.9. The van der Waals surface area contributed by atoms with Crippen molar-refractivity contribution in [3.05, 3.63) is 139 Å². The second kappa shape index (κ2) is 11.5. The van der Waals surface area contributed by atoms with E-state index in [0.29, 0.717) is 11.1 Å². The Hall–Kier alpha value is -4.14. The number of carbonyl (C=O) groups is 1. The Morgan fingerprint density at radius 2 is 1.06 bits per heavy atom. The third-order valence-electron chi connectivity index (χ3n) is 5.72. The van der Waals surface area contributed by atoms with Gasteiger partial charge in [0, 0.05) is 66.8 Å². The predicted octanol–water partition coefficient (Wildman–Crippen LogP) is 7.40. The zero-order valence-corrected chi connectivity index (χ0v) is 21.5. The molecule has 2 aromatic heterocycles. The van der Waals surface area contributed by atoms with E-state index in [9.17, 15) is 9.90 Å². The molecule has 6 aromatic rings. The van der Waals surface area contributed by atoms with Crippen molar-refractivity contribution in [2.24, 2.45) is 0 Å². The number of rotatable bonds is 3. The molecule has 0 unspecified atom stereocenters. The average molecular weight is 650 g/mol. The third kappa shape index (κ3) is 5.40. The van der Waals surface area contributed by atoms with Gasteiger partial charge in [-0.05, 0) is 17.5 Å². The molecule has 0 atom stereocenters. The maximum Gasteiger partial charge on any atom is 0.189 e. The van der Waals surface area contributed by atoms with Crippen LogP contribution in [0.3, 0.4) is 0 Å². The molecule has 0 aliphatic carbocycles. The van der Waals surface area contributed by atoms with Gasteiger partial charge >= 0.3 is 0 Å². The van der Waals surface area contributed by atoms with E-state index in [1.165, 1.54) is 11.5 Å². The molecule has 36 heavy (non-hydrogen) atoms. The number of fused-ring (bicyclic) bond motifs is 5. The molecule has 178 valence electrons. The number of carbonyl (C=O) groups excluding carboxylic acids is 1. The van der Waals surface area contributed by atoms with Crippen LogP contribution in [0.15, 0.2) is 128 Å². The molecule has 0 aliphatic rings. The van der Waals surface area contributed by atoms with Gasteiger partial charge in [0.15, 0.2) is 5.78 Å². The minimum absolute atomic E-state index is 0. The summed E-state index contributed by atoms with van der Waals surface area (Å²) >= 11 is 0. The molecule has 6 rings (SSSR count). The Morgan fingerprint density at radius 3 is 1.58 bits per heavy atom. The maximum absolute atomic E-state index is 11.8. The standard InChI is InChI=1S/C16H10N2.C15H12O2.Pt/c1-3-12-7-5-11-6-8-13-4-2-10-18-16(13)14(11)15(12)17-9-1;16-14(12-7-3-1-4-8-12)11-15(17)13-9-5-2-6-10-13;/h1-10H;1-11,16H;. The molecule has 5 heteroatoms. The van der Waals surface area contributed by atoms with E-state index >= 15 is 0 Å². The van der Waals surface area contributed by atoms with E-state index in [2.05, 4.69) is 46.4 Å². The number of hydrogen-bond donors (Lipinski definition) is 1. The van der Waals surface area contributed by atoms with Gasteiger partial charge in [-0.1, -0.05) is 97.1 Å². The monoisotopic (exact) mass is 649 g/mol. The van der Waals surface area contributed by atoms with Crippen molar-refractivity contribution in [3.8, 4) is 0 Å². The summed E-state index contributed by atoms with van der Waals surface area (Å²) in [4.78, 5) is 20.8. The molecule has 0 spiro atoms. The number of aliphatic hydroxyl groups excluding tert-OH is 1. The Labute approximate surface area is 223 Å². The molecule has 0 saturated carbocycles. The second-order valence-electron chi connectivity index (χ2n) is 8.01. The molecule has 0 bridgehead atoms. The van der Waals surface area contributed by atoms with Crippen LogP contribution in [0, 0.1) is 0 Å². The van der Waals surface area contributed by atoms with Crippen LogP contribution >= 0.6 is 0 Å². The Kier molecular flexibility index (Phi) is 7.99. The van der Waals surface area contributed by atoms with Crippen molar-refractivity contribution < 1.29 is 31.0 Å². The number of allylic oxidation sites excluding steroid dienone is 1. The molecule has 1 N–H and O–H groups in total. The molecule has 4 nitrogen and oxygen atoms in total. The zero-order valence-electron chi connectivity index (χ0n) is 19.2. The van der Waals surface area contributed by atoms with E-state index in [0.717, 1.165) is 27.2 Å². The van der Waals surface area contributed by atoms with Gasteiger partial charge in [0.05, 0.1) is 11.0 Å². The van der Waals surface area contributed by atoms with Gasteiger partial charge < -0.3 is 5.11 Å². The molecular weight excluding hydrogens is 627 g/mol. The first-order valence-corrected chi connectivity index (χ1v) is 11.3. The number of benzene rings is 4. The van der Waals surface area contributed by atoms with E-state index < -0.39 is 0 Å². The zero-order chi connectivity index (χ0) is 24.0. The van der Waals surface area contributed by atoms with Crippen LogP contribution in [0.25, 0.3) is 38.3 Å². The van der Waals surface area contributed by atoms with E-state index in [1.54, 1.807) is 36.4 Å². The number of nitrogens with zero attached hydrogens (tertiary/aromatic N) is 2. The largest absolute Gasteiger partial charge is 0.507 e. The average Bonchev–Trinajstić information content (AvgIpc) is 2.94. The number of aliphatic hydroxyl groups is 1. The Balaban J connectivity index is 0.000000165. The van der Waals surface area contributed by atoms with Crippen molar-refractivity contribution in [1.82, 2.24) is 9.97 Å². The van der Waals surface area contributed by atoms with E-state index in [1.807, 2.05) is 48.8 Å². The van der Waals surface area contributed by atoms with Gasteiger partial charge in [0.2, 0.25) is 0 Å². The molecular formula is C31H22N2O2Pt. The van der Waals surface area contributed by atoms with E-state index in [-0.39, 0.29) is 32.6 Å². The number of ketones is 1. The van der Waals surface area contributed by atoms with Gasteiger partial charge in [0.1, 0.15) is 5.76 Å². The summed E-state index contributed by atoms with van der Waals surface area (Å²) in [5.41, 5.74) is 3.25. The first-order valence-electron chi connectivity index (χ1n) is 11.3. The van der Waals surface area contributed by atoms with Crippen LogP contribution < -0.4 is 0 Å². The van der Waals surface area contributed by atoms with E-state index in [4.69, 9.17) is 0 Å². The maximum atomic E-state index is 11.8. The SMILES string of the molecule is O=C(C=C(O)c1ccccc1)c1ccccc1.[Pt].c1cnc2c(c1)ccc1ccc3cccnc3c12. The third-order valence-corrected chi connectivity index (χ3v) is 5.72. The first kappa shape index (κ1) is 25.0. The fraction of sp³-hybridized carbons (Fsp3) is 0. The minimum Gasteiger partial charge on any atom is -0.507 e. The molecule has 4 aromatic carbocycles. The van der Waals surface area contributed by atoms with Gasteiger partial charge in [-0.15, -0.1) is 0 Å². The van der Waals surface area contributed by atoms with Gasteiger partial charge in [0.25, 0.3) is 0 Å². The van der Waals surface area contributed by atoms with Gasteiger partial charge in [-0.25, -0.2) is 0 Å². The summed E-state index contributed by atoms with van der Waals surface area (Å²) in [6.45, 7) is 0. The van der Waals surface area contributed by atoms with Crippen molar-refractivity contribution in [2.45, 2.75) is 0 Å². The predicted molar refractivity (Wildman–Crippen MR) is 142 cm³/mol. The second-order valence-corrected chi connectivity index (χ2v) is 8.01. The van der Waals surface area contributed by atoms with Crippen LogP contribution in [0.4, 0.5) is 0 Å². The van der Waals surface area contributed by atoms with Crippen LogP contribution in [-0.4, -0.2) is 20.9 Å². The van der Waals surface area contributed by atoms with Crippen LogP contribution in [0.5, 0.6) is 0 Å². The number of aromatic nitrogens is 2. The Morgan fingerprint density at radius 1 is 0.583 bits per heavy atom. The van der Waals surface area contributed by atoms with Gasteiger partial charge in [-0.3, -0.25) is 14.8 Å². The minimum atomic E-state index is -0.202. The quantitative estimate of drug-likeness (QED) is 0.0940. The summed E-state index contributed by atoms with van der Waals surface area (Å²) in [5, 5.41) is 14.4. The molecule has 0 saturated heterocycles. The summed E-state index contributed by atoms with van der Waals surface area (Å²) in [5.74, 6) is -0.216. The summed E-state index contributed by atoms with van der Waals surface area (Å²) in [7, 11) is 0. The van der Waals surface area contributed by atoms with Crippen molar-refractivity contribution >= 4 is 44.1 Å². The van der Waals surface area contributed by atoms with Crippen molar-refractivity contribution in [2.75, 3.05) is 0 Å². The molecule has 2 heterocycles. The fourth-order valence-corrected chi connectivity index (χ4v) is 3.99. The number of pyridine rings is 2. The smallest absolute Gasteiger partial charge is 0.189 e. The molecule has 0 aliphatic heterocycles. The topological polar surface area (TPSA) is 63.1 Å². The summed E-state index contributed by atoms with van der Waals surface area (Å²) < 4.78 is 0. The Bertz CT molecular complexity index is 1600. The van der Waals surface area contributed by atoms with Crippen LogP contribution in [0.1, 0.15) is 15.9 Å². The number of hydrogen-bond acceptors (Lipinski definition) is 4. The fourth-order valence-electron chi connectivity index (χ4n) is 3.99. The molecule has 0 amide bonds.